The monoisotopic (exact) mass is 350 g/mol. The number of methoxy groups -OCH3 is 1. The van der Waals surface area contributed by atoms with Crippen molar-refractivity contribution in [2.24, 2.45) is 5.92 Å². The third kappa shape index (κ3) is 2.57. The van der Waals surface area contributed by atoms with E-state index in [1.54, 1.807) is 7.11 Å². The summed E-state index contributed by atoms with van der Waals surface area (Å²) in [5.74, 6) is 2.09. The van der Waals surface area contributed by atoms with Crippen molar-refractivity contribution in [1.29, 1.82) is 5.26 Å². The Hall–Kier alpha value is -2.74. The zero-order valence-electron chi connectivity index (χ0n) is 15.2. The molecule has 1 aliphatic heterocycles. The quantitative estimate of drug-likeness (QED) is 0.829. The Kier molecular flexibility index (Phi) is 4.20. The molecule has 0 bridgehead atoms. The number of anilines is 1. The van der Waals surface area contributed by atoms with E-state index in [1.165, 1.54) is 0 Å². The Balaban J connectivity index is 1.92. The van der Waals surface area contributed by atoms with E-state index in [0.29, 0.717) is 11.7 Å². The van der Waals surface area contributed by atoms with Crippen molar-refractivity contribution in [2.45, 2.75) is 32.6 Å². The van der Waals surface area contributed by atoms with Crippen LogP contribution < -0.4 is 15.3 Å². The molecule has 1 aromatic carbocycles. The number of hydrogen-bond acceptors (Lipinski definition) is 5. The van der Waals surface area contributed by atoms with Crippen LogP contribution in [0.2, 0.25) is 0 Å². The number of nitrogens with zero attached hydrogens (tertiary/aromatic N) is 2. The minimum Gasteiger partial charge on any atom is -0.496 e. The summed E-state index contributed by atoms with van der Waals surface area (Å²) in [5, 5.41) is 9.60. The highest BCUT2D eigenvalue weighted by atomic mass is 16.5. The van der Waals surface area contributed by atoms with E-state index in [0.717, 1.165) is 66.9 Å². The average Bonchev–Trinajstić information content (AvgIpc) is 2.67. The summed E-state index contributed by atoms with van der Waals surface area (Å²) in [7, 11) is 1.65. The second kappa shape index (κ2) is 6.53. The van der Waals surface area contributed by atoms with Gasteiger partial charge < -0.3 is 14.1 Å². The molecule has 1 fully saturated rings. The molecule has 0 N–H and O–H groups in total. The second-order valence-electron chi connectivity index (χ2n) is 7.19. The van der Waals surface area contributed by atoms with Crippen molar-refractivity contribution < 1.29 is 9.15 Å². The normalized spacial score (nSPS) is 16.6. The van der Waals surface area contributed by atoms with Gasteiger partial charge in [-0.05, 0) is 37.7 Å². The highest BCUT2D eigenvalue weighted by Crippen LogP contribution is 2.42. The van der Waals surface area contributed by atoms with E-state index in [1.807, 2.05) is 18.2 Å². The zero-order chi connectivity index (χ0) is 18.3. The lowest BCUT2D eigenvalue weighted by atomic mass is 9.86. The van der Waals surface area contributed by atoms with Gasteiger partial charge in [0.15, 0.2) is 5.56 Å². The van der Waals surface area contributed by atoms with Gasteiger partial charge in [0.1, 0.15) is 17.6 Å². The number of piperidine rings is 1. The van der Waals surface area contributed by atoms with E-state index < -0.39 is 5.63 Å². The molecule has 0 radical (unpaired) electrons. The van der Waals surface area contributed by atoms with Crippen LogP contribution in [0.25, 0.3) is 11.3 Å². The lowest BCUT2D eigenvalue weighted by Crippen LogP contribution is -2.35. The molecule has 0 atom stereocenters. The second-order valence-corrected chi connectivity index (χ2v) is 7.19. The smallest absolute Gasteiger partial charge is 0.356 e. The van der Waals surface area contributed by atoms with Crippen molar-refractivity contribution in [3.05, 3.63) is 45.3 Å². The summed E-state index contributed by atoms with van der Waals surface area (Å²) in [6.45, 7) is 3.99. The lowest BCUT2D eigenvalue weighted by molar-refractivity contribution is 0.408. The Morgan fingerprint density at radius 3 is 2.65 bits per heavy atom. The van der Waals surface area contributed by atoms with Gasteiger partial charge in [0.2, 0.25) is 0 Å². The number of ether oxygens (including phenoxy) is 1. The molecule has 26 heavy (non-hydrogen) atoms. The van der Waals surface area contributed by atoms with Gasteiger partial charge >= 0.3 is 5.63 Å². The molecular weight excluding hydrogens is 328 g/mol. The van der Waals surface area contributed by atoms with Crippen molar-refractivity contribution in [1.82, 2.24) is 0 Å². The lowest BCUT2D eigenvalue weighted by Gasteiger charge is -2.35. The van der Waals surface area contributed by atoms with Crippen LogP contribution in [0.1, 0.15) is 36.5 Å². The minimum absolute atomic E-state index is 0.143. The van der Waals surface area contributed by atoms with Crippen LogP contribution in [-0.2, 0) is 12.8 Å². The van der Waals surface area contributed by atoms with E-state index in [2.05, 4.69) is 17.9 Å². The van der Waals surface area contributed by atoms with Crippen LogP contribution in [0.15, 0.2) is 27.4 Å². The fourth-order valence-corrected chi connectivity index (χ4v) is 4.17. The molecule has 1 aromatic heterocycles. The van der Waals surface area contributed by atoms with Gasteiger partial charge in [-0.3, -0.25) is 0 Å². The van der Waals surface area contributed by atoms with Gasteiger partial charge in [0.25, 0.3) is 0 Å². The van der Waals surface area contributed by atoms with Gasteiger partial charge in [0, 0.05) is 29.8 Å². The van der Waals surface area contributed by atoms with Crippen molar-refractivity contribution >= 4 is 5.69 Å². The fourth-order valence-electron chi connectivity index (χ4n) is 4.17. The minimum atomic E-state index is -0.546. The molecule has 0 spiro atoms. The molecule has 2 heterocycles. The molecule has 0 unspecified atom stereocenters. The standard InChI is InChI=1S/C21H22N2O3/c1-13-8-10-23(11-9-13)19-16-7-6-14-15(4-3-5-18(14)25-2)20(16)26-21(24)17(19)12-22/h3-5,13H,6-11H2,1-2H3. The third-order valence-corrected chi connectivity index (χ3v) is 5.63. The summed E-state index contributed by atoms with van der Waals surface area (Å²) in [6.07, 6.45) is 3.69. The molecule has 5 heteroatoms. The van der Waals surface area contributed by atoms with E-state index in [9.17, 15) is 10.1 Å². The van der Waals surface area contributed by atoms with Gasteiger partial charge in [-0.15, -0.1) is 0 Å². The van der Waals surface area contributed by atoms with Crippen LogP contribution >= 0.6 is 0 Å². The van der Waals surface area contributed by atoms with E-state index >= 15 is 0 Å². The molecule has 1 saturated heterocycles. The Morgan fingerprint density at radius 2 is 1.96 bits per heavy atom. The maximum Gasteiger partial charge on any atom is 0.356 e. The number of nitriles is 1. The molecule has 2 aliphatic rings. The molecule has 0 saturated carbocycles. The summed E-state index contributed by atoms with van der Waals surface area (Å²) < 4.78 is 11.1. The first-order valence-electron chi connectivity index (χ1n) is 9.15. The molecule has 4 rings (SSSR count). The van der Waals surface area contributed by atoms with Crippen molar-refractivity contribution in [3.63, 3.8) is 0 Å². The van der Waals surface area contributed by atoms with Gasteiger partial charge in [0.05, 0.1) is 12.8 Å². The molecule has 2 aromatic rings. The van der Waals surface area contributed by atoms with E-state index in [-0.39, 0.29) is 5.56 Å². The molecule has 1 aliphatic carbocycles. The summed E-state index contributed by atoms with van der Waals surface area (Å²) in [4.78, 5) is 14.8. The maximum atomic E-state index is 12.6. The third-order valence-electron chi connectivity index (χ3n) is 5.63. The van der Waals surface area contributed by atoms with Crippen LogP contribution in [-0.4, -0.2) is 20.2 Å². The predicted molar refractivity (Wildman–Crippen MR) is 99.7 cm³/mol. The van der Waals surface area contributed by atoms with Gasteiger partial charge in [-0.25, -0.2) is 4.79 Å². The first-order valence-corrected chi connectivity index (χ1v) is 9.15. The Labute approximate surface area is 152 Å². The predicted octanol–water partition coefficient (Wildman–Crippen LogP) is 3.52. The van der Waals surface area contributed by atoms with Gasteiger partial charge in [-0.2, -0.15) is 5.26 Å². The van der Waals surface area contributed by atoms with Crippen LogP contribution in [0.5, 0.6) is 5.75 Å². The topological polar surface area (TPSA) is 66.5 Å². The highest BCUT2D eigenvalue weighted by Gasteiger charge is 2.30. The number of fused-ring (bicyclic) bond motifs is 3. The highest BCUT2D eigenvalue weighted by molar-refractivity contribution is 5.78. The summed E-state index contributed by atoms with van der Waals surface area (Å²) in [6, 6.07) is 7.90. The van der Waals surface area contributed by atoms with Gasteiger partial charge in [-0.1, -0.05) is 19.1 Å². The molecule has 5 nitrogen and oxygen atoms in total. The van der Waals surface area contributed by atoms with Crippen LogP contribution in [0, 0.1) is 17.2 Å². The maximum absolute atomic E-state index is 12.6. The first kappa shape index (κ1) is 16.7. The molecular formula is C21H22N2O3. The largest absolute Gasteiger partial charge is 0.496 e. The molecule has 0 amide bonds. The first-order chi connectivity index (χ1) is 12.6. The SMILES string of the molecule is COc1cccc2c1CCc1c-2oc(=O)c(C#N)c1N1CCC(C)CC1. The Morgan fingerprint density at radius 1 is 1.23 bits per heavy atom. The van der Waals surface area contributed by atoms with Crippen molar-refractivity contribution in [2.75, 3.05) is 25.1 Å². The number of rotatable bonds is 2. The summed E-state index contributed by atoms with van der Waals surface area (Å²) in [5.41, 5.74) is 3.34. The van der Waals surface area contributed by atoms with Crippen LogP contribution in [0.3, 0.4) is 0 Å². The van der Waals surface area contributed by atoms with Crippen molar-refractivity contribution in [3.8, 4) is 23.1 Å². The zero-order valence-corrected chi connectivity index (χ0v) is 15.2. The van der Waals surface area contributed by atoms with Crippen LogP contribution in [0.4, 0.5) is 5.69 Å². The number of hydrogen-bond donors (Lipinski definition) is 0. The van der Waals surface area contributed by atoms with E-state index in [4.69, 9.17) is 9.15 Å². The summed E-state index contributed by atoms with van der Waals surface area (Å²) >= 11 is 0. The molecule has 134 valence electrons. The number of benzene rings is 1. The average molecular weight is 350 g/mol. The fraction of sp³-hybridized carbons (Fsp3) is 0.429. The Bertz CT molecular complexity index is 947.